The zero-order valence-electron chi connectivity index (χ0n) is 68.1. The normalized spacial score (nSPS) is 13.0. The number of halogens is 9. The molecular weight excluding hydrogens is 1580 g/mol. The predicted molar refractivity (Wildman–Crippen MR) is 447 cm³/mol. The molecule has 3 heterocycles. The number of morpholine rings is 1. The van der Waals surface area contributed by atoms with Gasteiger partial charge in [0, 0.05) is 83.2 Å². The molecule has 6 atom stereocenters. The predicted octanol–water partition coefficient (Wildman–Crippen LogP) is 8.45. The quantitative estimate of drug-likeness (QED) is 0.0143. The molecule has 9 aromatic rings. The van der Waals surface area contributed by atoms with Crippen molar-refractivity contribution in [3.8, 4) is 0 Å². The van der Waals surface area contributed by atoms with Gasteiger partial charge in [0.15, 0.2) is 0 Å². The molecule has 6 amide bonds. The fourth-order valence-corrected chi connectivity index (χ4v) is 10.7. The van der Waals surface area contributed by atoms with Gasteiger partial charge >= 0.3 is 6.18 Å². The molecule has 10 rings (SSSR count). The Bertz CT molecular complexity index is 4320. The first kappa shape index (κ1) is 102. The van der Waals surface area contributed by atoms with E-state index in [9.17, 15) is 68.3 Å². The van der Waals surface area contributed by atoms with E-state index in [1.807, 2.05) is 82.3 Å². The number of carbonyl (C=O) groups is 7. The molecule has 0 bridgehead atoms. The van der Waals surface area contributed by atoms with Gasteiger partial charge in [-0.15, -0.1) is 0 Å². The number of aromatic nitrogens is 2. The van der Waals surface area contributed by atoms with Crippen LogP contribution in [-0.2, 0) is 96.3 Å². The summed E-state index contributed by atoms with van der Waals surface area (Å²) < 4.78 is 113. The largest absolute Gasteiger partial charge is 0.446 e. The number of hydrogen-bond acceptors (Lipinski definition) is 17. The summed E-state index contributed by atoms with van der Waals surface area (Å²) >= 11 is 0. The molecule has 18 N–H and O–H groups in total. The second kappa shape index (κ2) is 56.8. The lowest BCUT2D eigenvalue weighted by atomic mass is 10.1. The van der Waals surface area contributed by atoms with Gasteiger partial charge < -0.3 is 71.0 Å². The zero-order valence-corrected chi connectivity index (χ0v) is 68.1. The van der Waals surface area contributed by atoms with Crippen molar-refractivity contribution in [2.24, 2.45) is 40.3 Å². The fraction of sp³-hybridized carbons (Fsp3) is 0.337. The van der Waals surface area contributed by atoms with Gasteiger partial charge in [-0.25, -0.2) is 26.3 Å². The van der Waals surface area contributed by atoms with Crippen LogP contribution in [0, 0.1) is 40.8 Å². The van der Waals surface area contributed by atoms with Crippen LogP contribution in [0.15, 0.2) is 225 Å². The third kappa shape index (κ3) is 46.5. The van der Waals surface area contributed by atoms with Gasteiger partial charge in [0.25, 0.3) is 0 Å². The van der Waals surface area contributed by atoms with E-state index >= 15 is 0 Å². The number of alkyl halides is 3. The van der Waals surface area contributed by atoms with Crippen molar-refractivity contribution in [1.29, 1.82) is 0 Å². The van der Waals surface area contributed by atoms with Gasteiger partial charge in [-0.3, -0.25) is 48.4 Å². The van der Waals surface area contributed by atoms with Gasteiger partial charge in [0.2, 0.25) is 41.7 Å². The highest BCUT2D eigenvalue weighted by atomic mass is 19.4. The molecule has 0 spiro atoms. The Balaban J connectivity index is 0.000000301. The smallest absolute Gasteiger partial charge is 0.379 e. The van der Waals surface area contributed by atoms with Gasteiger partial charge in [0.05, 0.1) is 49.5 Å². The van der Waals surface area contributed by atoms with E-state index in [4.69, 9.17) is 43.9 Å². The van der Waals surface area contributed by atoms with Crippen LogP contribution in [0.1, 0.15) is 77.8 Å². The number of nitrogens with one attached hydrogen (secondary N) is 6. The minimum atomic E-state index is -4.64. The number of rotatable bonds is 31. The molecule has 1 fully saturated rings. The maximum atomic E-state index is 12.8. The summed E-state index contributed by atoms with van der Waals surface area (Å²) in [5, 5.41) is 16.7. The number of ether oxygens (including phenoxy) is 1. The monoisotopic (exact) mass is 1690 g/mol. The molecule has 1 saturated heterocycles. The van der Waals surface area contributed by atoms with Crippen molar-refractivity contribution < 1.29 is 77.8 Å². The number of aldehydes is 1. The molecule has 0 aliphatic carbocycles. The van der Waals surface area contributed by atoms with Gasteiger partial charge in [-0.1, -0.05) is 117 Å². The molecule has 23 nitrogen and oxygen atoms in total. The van der Waals surface area contributed by atoms with E-state index in [-0.39, 0.29) is 76.4 Å². The lowest BCUT2D eigenvalue weighted by Gasteiger charge is -2.26. The standard InChI is InChI=1S/C17H19FN2O.C15H22FN3O2.2C15H16FN3O.C13H19FN2O.C12H17FN2O.C2HF3O/c18-15-8-6-14(7-9-15)12-16(19)17(21)20-11-10-13-4-2-1-3-5-13;16-13-3-1-12(2-4-13)11-14(17)15(20)18-5-6-19-7-9-21-10-8-19;2*16-13-3-1-11(2-4-13)9-14(17)15(20)19-10-12-5-7-18-8-6-12;1-9(2)8-16-13(17)12(15)7-10-3-5-11(14)6-4-10;1-8(2)15-12(16)11(14)7-9-3-5-10(13)6-4-9;3-2(4,5)1-6/h1-9,16H,10-12,19H2,(H,20,21);1-4,14H,5-11,17H2,(H,18,20);2*1-8,14H,9-10,17H2,(H,19,20);3-6,9,12H,7-8,15H2,1-2H3,(H,16,17);3-6,8,11H,7,14H2,1-2H3,(H,15,16);1H. The summed E-state index contributed by atoms with van der Waals surface area (Å²) in [5.41, 5.74) is 43.1. The molecule has 32 heteroatoms. The molecule has 1 aliphatic rings. The van der Waals surface area contributed by atoms with Crippen LogP contribution in [0.4, 0.5) is 39.5 Å². The van der Waals surface area contributed by atoms with Crippen LogP contribution < -0.4 is 66.3 Å². The first-order valence-corrected chi connectivity index (χ1v) is 39.0. The Morgan fingerprint density at radius 1 is 0.380 bits per heavy atom. The van der Waals surface area contributed by atoms with Crippen molar-refractivity contribution in [2.75, 3.05) is 52.5 Å². The lowest BCUT2D eigenvalue weighted by Crippen LogP contribution is -2.46. The van der Waals surface area contributed by atoms with Crippen LogP contribution in [-0.4, -0.2) is 158 Å². The van der Waals surface area contributed by atoms with Crippen LogP contribution in [0.2, 0.25) is 0 Å². The van der Waals surface area contributed by atoms with Crippen LogP contribution in [0.3, 0.4) is 0 Å². The van der Waals surface area contributed by atoms with E-state index in [0.29, 0.717) is 77.2 Å². The lowest BCUT2D eigenvalue weighted by molar-refractivity contribution is -0.156. The number of nitrogens with zero attached hydrogens (tertiary/aromatic N) is 3. The molecule has 0 saturated carbocycles. The number of pyridine rings is 2. The molecule has 652 valence electrons. The maximum Gasteiger partial charge on any atom is 0.446 e. The minimum Gasteiger partial charge on any atom is -0.379 e. The Morgan fingerprint density at radius 2 is 0.653 bits per heavy atom. The first-order chi connectivity index (χ1) is 57.6. The fourth-order valence-electron chi connectivity index (χ4n) is 10.7. The van der Waals surface area contributed by atoms with Crippen molar-refractivity contribution in [3.63, 3.8) is 0 Å². The summed E-state index contributed by atoms with van der Waals surface area (Å²) in [4.78, 5) is 89.4. The van der Waals surface area contributed by atoms with Crippen molar-refractivity contribution in [2.45, 2.75) is 134 Å². The Kier molecular flexibility index (Phi) is 47.7. The molecular formula is C89H110F9N15O8. The Labute approximate surface area is 700 Å². The number of nitrogens with two attached hydrogens (primary N) is 6. The molecule has 2 aromatic heterocycles. The average Bonchev–Trinajstić information content (AvgIpc) is 0.907. The Morgan fingerprint density at radius 3 is 0.934 bits per heavy atom. The topological polar surface area (TPSA) is 386 Å². The maximum absolute atomic E-state index is 12.8. The molecule has 121 heavy (non-hydrogen) atoms. The highest BCUT2D eigenvalue weighted by Gasteiger charge is 2.25. The minimum absolute atomic E-state index is 0.0757. The second-order valence-corrected chi connectivity index (χ2v) is 28.5. The van der Waals surface area contributed by atoms with Crippen molar-refractivity contribution in [1.82, 2.24) is 46.8 Å². The molecule has 6 unspecified atom stereocenters. The van der Waals surface area contributed by atoms with Crippen LogP contribution in [0.5, 0.6) is 0 Å². The summed E-state index contributed by atoms with van der Waals surface area (Å²) in [6.45, 7) is 14.5. The average molecular weight is 1690 g/mol. The molecule has 1 aliphatic heterocycles. The van der Waals surface area contributed by atoms with Crippen molar-refractivity contribution in [3.05, 3.63) is 310 Å². The molecule has 7 aromatic carbocycles. The highest BCUT2D eigenvalue weighted by Crippen LogP contribution is 2.13. The third-order valence-electron chi connectivity index (χ3n) is 17.3. The number of carbonyl (C=O) groups excluding carboxylic acids is 7. The SMILES string of the molecule is CC(C)CNC(=O)C(N)Cc1ccc(F)cc1.CC(C)NC(=O)C(N)Cc1ccc(F)cc1.NC(Cc1ccc(F)cc1)C(=O)NCCN1CCOCC1.NC(Cc1ccc(F)cc1)C(=O)NCCc1ccccc1.NC(Cc1ccc(F)cc1)C(=O)NCc1ccncc1.NC(Cc1ccc(F)cc1)C(=O)NCc1ccncc1.O=CC(F)(F)F. The summed E-state index contributed by atoms with van der Waals surface area (Å²) in [7, 11) is 0. The van der Waals surface area contributed by atoms with Gasteiger partial charge in [-0.05, 0) is 212 Å². The van der Waals surface area contributed by atoms with Crippen molar-refractivity contribution >= 4 is 41.7 Å². The second-order valence-electron chi connectivity index (χ2n) is 28.5. The van der Waals surface area contributed by atoms with E-state index in [2.05, 4.69) is 46.8 Å². The first-order valence-electron chi connectivity index (χ1n) is 39.0. The summed E-state index contributed by atoms with van der Waals surface area (Å²) in [6.07, 6.45) is 4.14. The van der Waals surface area contributed by atoms with E-state index < -0.39 is 48.7 Å². The summed E-state index contributed by atoms with van der Waals surface area (Å²) in [5.74, 6) is -2.52. The van der Waals surface area contributed by atoms with E-state index in [0.717, 1.165) is 83.8 Å². The summed E-state index contributed by atoms with van der Waals surface area (Å²) in [6, 6.07) is 49.7. The van der Waals surface area contributed by atoms with E-state index in [1.54, 1.807) is 97.6 Å². The number of benzene rings is 7. The molecule has 0 radical (unpaired) electrons. The zero-order chi connectivity index (χ0) is 89.1. The third-order valence-corrected chi connectivity index (χ3v) is 17.3. The van der Waals surface area contributed by atoms with E-state index in [1.165, 1.54) is 78.4 Å². The Hall–Kier alpha value is -11.6. The van der Waals surface area contributed by atoms with Crippen LogP contribution >= 0.6 is 0 Å². The number of amides is 6. The van der Waals surface area contributed by atoms with Gasteiger partial charge in [0.1, 0.15) is 34.9 Å². The highest BCUT2D eigenvalue weighted by molar-refractivity contribution is 5.84. The van der Waals surface area contributed by atoms with Crippen LogP contribution in [0.25, 0.3) is 0 Å². The number of hydrogen-bond donors (Lipinski definition) is 12. The van der Waals surface area contributed by atoms with Gasteiger partial charge in [-0.2, -0.15) is 13.2 Å².